The lowest BCUT2D eigenvalue weighted by molar-refractivity contribution is 0.421. The third-order valence-corrected chi connectivity index (χ3v) is 5.48. The smallest absolute Gasteiger partial charge is 0.180 e. The Morgan fingerprint density at radius 2 is 2.12 bits per heavy atom. The second-order valence-corrected chi connectivity index (χ2v) is 6.56. The third kappa shape index (κ3) is 1.75. The summed E-state index contributed by atoms with van der Waals surface area (Å²) in [6, 6.07) is 5.30. The number of rotatable bonds is 1. The molecule has 0 aromatic heterocycles. The second-order valence-electron chi connectivity index (χ2n) is 4.18. The summed E-state index contributed by atoms with van der Waals surface area (Å²) in [5, 5.41) is 3.48. The van der Waals surface area contributed by atoms with Crippen molar-refractivity contribution in [2.24, 2.45) is 5.92 Å². The van der Waals surface area contributed by atoms with Crippen LogP contribution in [-0.2, 0) is 9.84 Å². The van der Waals surface area contributed by atoms with Crippen molar-refractivity contribution in [1.82, 2.24) is 5.32 Å². The Morgan fingerprint density at radius 3 is 2.75 bits per heavy atom. The SMILES string of the molecule is CNC1c2cccc(Cl)c2S(=O)(=O)CC1C. The molecule has 3 nitrogen and oxygen atoms in total. The van der Waals surface area contributed by atoms with Crippen LogP contribution in [0.2, 0.25) is 5.02 Å². The third-order valence-electron chi connectivity index (χ3n) is 3.01. The molecular formula is C11H14ClNO2S. The van der Waals surface area contributed by atoms with E-state index in [1.165, 1.54) is 0 Å². The van der Waals surface area contributed by atoms with E-state index in [1.54, 1.807) is 12.1 Å². The molecule has 0 aliphatic carbocycles. The summed E-state index contributed by atoms with van der Waals surface area (Å²) in [4.78, 5) is 0.300. The minimum Gasteiger partial charge on any atom is -0.313 e. The number of hydrogen-bond donors (Lipinski definition) is 1. The zero-order valence-corrected chi connectivity index (χ0v) is 10.8. The molecule has 1 heterocycles. The van der Waals surface area contributed by atoms with E-state index < -0.39 is 9.84 Å². The van der Waals surface area contributed by atoms with Gasteiger partial charge in [-0.1, -0.05) is 30.7 Å². The molecule has 0 bridgehead atoms. The molecule has 2 unspecified atom stereocenters. The first-order valence-electron chi connectivity index (χ1n) is 5.16. The Kier molecular flexibility index (Phi) is 2.99. The molecule has 0 saturated carbocycles. The van der Waals surface area contributed by atoms with Gasteiger partial charge >= 0.3 is 0 Å². The quantitative estimate of drug-likeness (QED) is 0.839. The molecule has 0 fully saturated rings. The van der Waals surface area contributed by atoms with Crippen molar-refractivity contribution in [2.45, 2.75) is 17.9 Å². The maximum Gasteiger partial charge on any atom is 0.180 e. The van der Waals surface area contributed by atoms with Crippen molar-refractivity contribution >= 4 is 21.4 Å². The van der Waals surface area contributed by atoms with E-state index in [9.17, 15) is 8.42 Å². The lowest BCUT2D eigenvalue weighted by atomic mass is 9.95. The van der Waals surface area contributed by atoms with Gasteiger partial charge in [0, 0.05) is 6.04 Å². The van der Waals surface area contributed by atoms with E-state index in [4.69, 9.17) is 11.6 Å². The number of fused-ring (bicyclic) bond motifs is 1. The summed E-state index contributed by atoms with van der Waals surface area (Å²) in [5.41, 5.74) is 0.786. The minimum absolute atomic E-state index is 0.0530. The zero-order chi connectivity index (χ0) is 11.9. The van der Waals surface area contributed by atoms with Gasteiger partial charge in [0.15, 0.2) is 9.84 Å². The summed E-state index contributed by atoms with van der Waals surface area (Å²) < 4.78 is 24.1. The Bertz CT molecular complexity index is 513. The molecule has 1 N–H and O–H groups in total. The summed E-state index contributed by atoms with van der Waals surface area (Å²) in [5.74, 6) is 0.205. The van der Waals surface area contributed by atoms with Crippen LogP contribution in [0.5, 0.6) is 0 Å². The van der Waals surface area contributed by atoms with E-state index in [0.717, 1.165) is 5.56 Å². The van der Waals surface area contributed by atoms with Gasteiger partial charge < -0.3 is 5.32 Å². The van der Waals surface area contributed by atoms with Gasteiger partial charge in [-0.05, 0) is 24.6 Å². The molecule has 1 aliphatic heterocycles. The van der Waals surface area contributed by atoms with E-state index in [-0.39, 0.29) is 17.7 Å². The van der Waals surface area contributed by atoms with Crippen LogP contribution < -0.4 is 5.32 Å². The predicted molar refractivity (Wildman–Crippen MR) is 64.5 cm³/mol. The standard InChI is InChI=1S/C11H14ClNO2S/c1-7-6-16(14,15)11-8(10(7)13-2)4-3-5-9(11)12/h3-5,7,10,13H,6H2,1-2H3. The van der Waals surface area contributed by atoms with Gasteiger partial charge in [-0.15, -0.1) is 0 Å². The molecule has 0 radical (unpaired) electrons. The Morgan fingerprint density at radius 1 is 1.44 bits per heavy atom. The van der Waals surface area contributed by atoms with Crippen molar-refractivity contribution in [2.75, 3.05) is 12.8 Å². The highest BCUT2D eigenvalue weighted by atomic mass is 35.5. The second kappa shape index (κ2) is 4.02. The molecule has 1 aliphatic rings. The molecule has 2 rings (SSSR count). The van der Waals surface area contributed by atoms with Crippen LogP contribution in [-0.4, -0.2) is 21.2 Å². The Hall–Kier alpha value is -0.580. The lowest BCUT2D eigenvalue weighted by Gasteiger charge is -2.31. The first kappa shape index (κ1) is 11.9. The number of sulfone groups is 1. The van der Waals surface area contributed by atoms with Gasteiger partial charge in [-0.2, -0.15) is 0 Å². The molecule has 1 aromatic carbocycles. The normalized spacial score (nSPS) is 27.4. The molecule has 16 heavy (non-hydrogen) atoms. The average molecular weight is 260 g/mol. The summed E-state index contributed by atoms with van der Waals surface area (Å²) in [7, 11) is -1.40. The monoisotopic (exact) mass is 259 g/mol. The van der Waals surface area contributed by atoms with Crippen molar-refractivity contribution in [3.63, 3.8) is 0 Å². The highest BCUT2D eigenvalue weighted by Crippen LogP contribution is 2.39. The van der Waals surface area contributed by atoms with Gasteiger partial charge in [0.1, 0.15) is 0 Å². The Balaban J connectivity index is 2.72. The molecule has 2 atom stereocenters. The van der Waals surface area contributed by atoms with Crippen LogP contribution in [0.25, 0.3) is 0 Å². The molecule has 0 spiro atoms. The van der Waals surface area contributed by atoms with E-state index >= 15 is 0 Å². The maximum absolute atomic E-state index is 12.1. The number of benzene rings is 1. The summed E-state index contributed by atoms with van der Waals surface area (Å²) >= 11 is 5.99. The van der Waals surface area contributed by atoms with Crippen molar-refractivity contribution in [1.29, 1.82) is 0 Å². The highest BCUT2D eigenvalue weighted by Gasteiger charge is 2.36. The average Bonchev–Trinajstić information content (AvgIpc) is 2.16. The fourth-order valence-corrected chi connectivity index (χ4v) is 4.88. The van der Waals surface area contributed by atoms with Crippen LogP contribution in [0.4, 0.5) is 0 Å². The number of hydrogen-bond acceptors (Lipinski definition) is 3. The van der Waals surface area contributed by atoms with Crippen LogP contribution in [0.15, 0.2) is 23.1 Å². The van der Waals surface area contributed by atoms with Crippen molar-refractivity contribution in [3.05, 3.63) is 28.8 Å². The molecule has 0 amide bonds. The van der Waals surface area contributed by atoms with Crippen LogP contribution >= 0.6 is 11.6 Å². The number of halogens is 1. The van der Waals surface area contributed by atoms with Gasteiger partial charge in [-0.3, -0.25) is 0 Å². The van der Waals surface area contributed by atoms with Gasteiger partial charge in [0.05, 0.1) is 15.7 Å². The summed E-state index contributed by atoms with van der Waals surface area (Å²) in [6.07, 6.45) is 0. The zero-order valence-electron chi connectivity index (χ0n) is 9.20. The van der Waals surface area contributed by atoms with Crippen LogP contribution in [0, 0.1) is 5.92 Å². The molecule has 1 aromatic rings. The van der Waals surface area contributed by atoms with Crippen LogP contribution in [0.3, 0.4) is 0 Å². The molecule has 88 valence electrons. The van der Waals surface area contributed by atoms with Gasteiger partial charge in [0.25, 0.3) is 0 Å². The van der Waals surface area contributed by atoms with Crippen molar-refractivity contribution in [3.8, 4) is 0 Å². The van der Waals surface area contributed by atoms with Crippen molar-refractivity contribution < 1.29 is 8.42 Å². The minimum atomic E-state index is -3.24. The van der Waals surface area contributed by atoms with Gasteiger partial charge in [-0.25, -0.2) is 8.42 Å². The van der Waals surface area contributed by atoms with Gasteiger partial charge in [0.2, 0.25) is 0 Å². The topological polar surface area (TPSA) is 46.2 Å². The lowest BCUT2D eigenvalue weighted by Crippen LogP contribution is -2.34. The predicted octanol–water partition coefficient (Wildman–Crippen LogP) is 2.02. The van der Waals surface area contributed by atoms with E-state index in [2.05, 4.69) is 5.32 Å². The fraction of sp³-hybridized carbons (Fsp3) is 0.455. The fourth-order valence-electron chi connectivity index (χ4n) is 2.37. The number of nitrogens with one attached hydrogen (secondary N) is 1. The highest BCUT2D eigenvalue weighted by molar-refractivity contribution is 7.91. The molecule has 0 saturated heterocycles. The Labute approximate surface area is 101 Å². The molecule has 5 heteroatoms. The maximum atomic E-state index is 12.1. The largest absolute Gasteiger partial charge is 0.313 e. The van der Waals surface area contributed by atoms with E-state index in [0.29, 0.717) is 9.92 Å². The van der Waals surface area contributed by atoms with Crippen LogP contribution in [0.1, 0.15) is 18.5 Å². The van der Waals surface area contributed by atoms with E-state index in [1.807, 2.05) is 20.0 Å². The summed E-state index contributed by atoms with van der Waals surface area (Å²) in [6.45, 7) is 1.93. The first-order valence-corrected chi connectivity index (χ1v) is 7.19. The first-order chi connectivity index (χ1) is 7.47. The molecular weight excluding hydrogens is 246 g/mol.